The van der Waals surface area contributed by atoms with E-state index in [2.05, 4.69) is 41.1 Å². The van der Waals surface area contributed by atoms with E-state index < -0.39 is 0 Å². The third-order valence-corrected chi connectivity index (χ3v) is 7.64. The van der Waals surface area contributed by atoms with Gasteiger partial charge in [-0.1, -0.05) is 86.0 Å². The maximum absolute atomic E-state index is 2.58. The van der Waals surface area contributed by atoms with Crippen molar-refractivity contribution in [1.29, 1.82) is 0 Å². The third kappa shape index (κ3) is 5.79. The number of unbranched alkanes of at least 4 members (excludes halogenated alkanes) is 5. The van der Waals surface area contributed by atoms with Crippen LogP contribution in [0.3, 0.4) is 0 Å². The Labute approximate surface area is 161 Å². The van der Waals surface area contributed by atoms with Crippen molar-refractivity contribution in [1.82, 2.24) is 4.58 Å². The van der Waals surface area contributed by atoms with Gasteiger partial charge in [0.25, 0.3) is 0 Å². The summed E-state index contributed by atoms with van der Waals surface area (Å²) in [7, 11) is 0. The first kappa shape index (κ1) is 18.8. The van der Waals surface area contributed by atoms with Crippen molar-refractivity contribution in [3.8, 4) is 10.4 Å². The summed E-state index contributed by atoms with van der Waals surface area (Å²) < 4.78 is 4.07. The highest BCUT2D eigenvalue weighted by Gasteiger charge is 2.14. The lowest BCUT2D eigenvalue weighted by Crippen LogP contribution is -2.31. The van der Waals surface area contributed by atoms with Crippen molar-refractivity contribution in [2.45, 2.75) is 71.1 Å². The van der Waals surface area contributed by atoms with Gasteiger partial charge in [-0.05, 0) is 30.4 Å². The molecule has 0 aliphatic carbocycles. The molecule has 0 spiro atoms. The summed E-state index contributed by atoms with van der Waals surface area (Å²) in [6, 6.07) is 9.33. The Balaban J connectivity index is 1.55. The van der Waals surface area contributed by atoms with E-state index in [0.29, 0.717) is 0 Å². The summed E-state index contributed by atoms with van der Waals surface area (Å²) in [6.45, 7) is 4.77. The van der Waals surface area contributed by atoms with Crippen LogP contribution in [0.1, 0.15) is 70.3 Å². The average Bonchev–Trinajstić information content (AvgIpc) is 3.16. The minimum atomic E-state index is 1.23. The lowest BCUT2D eigenvalue weighted by molar-refractivity contribution is 0.459. The van der Waals surface area contributed by atoms with Crippen molar-refractivity contribution in [3.63, 3.8) is 0 Å². The molecule has 25 heavy (non-hydrogen) atoms. The lowest BCUT2D eigenvalue weighted by atomic mass is 10.0. The van der Waals surface area contributed by atoms with Crippen LogP contribution in [-0.4, -0.2) is 13.1 Å². The average molecular weight is 375 g/mol. The van der Waals surface area contributed by atoms with Gasteiger partial charge in [0.2, 0.25) is 0 Å². The molecule has 1 aliphatic heterocycles. The molecular formula is C22H32NS2+. The predicted octanol–water partition coefficient (Wildman–Crippen LogP) is 6.34. The zero-order valence-electron chi connectivity index (χ0n) is 15.6. The van der Waals surface area contributed by atoms with E-state index in [9.17, 15) is 0 Å². The second-order valence-electron chi connectivity index (χ2n) is 7.23. The van der Waals surface area contributed by atoms with Gasteiger partial charge in [0.1, 0.15) is 13.1 Å². The summed E-state index contributed by atoms with van der Waals surface area (Å²) >= 11 is 3.89. The van der Waals surface area contributed by atoms with Crippen molar-refractivity contribution in [2.75, 3.05) is 13.1 Å². The van der Waals surface area contributed by atoms with Crippen LogP contribution in [0.25, 0.3) is 10.4 Å². The molecule has 0 unspecified atom stereocenters. The molecule has 1 nitrogen and oxygen atoms in total. The molecule has 2 heterocycles. The van der Waals surface area contributed by atoms with Crippen LogP contribution >= 0.6 is 22.7 Å². The molecule has 0 atom stereocenters. The lowest BCUT2D eigenvalue weighted by Gasteiger charge is -2.07. The first-order valence-electron chi connectivity index (χ1n) is 10.1. The first-order chi connectivity index (χ1) is 12.4. The van der Waals surface area contributed by atoms with Crippen LogP contribution in [-0.2, 0) is 6.42 Å². The maximum atomic E-state index is 2.58. The van der Waals surface area contributed by atoms with E-state index in [1.54, 1.807) is 0 Å². The second-order valence-corrected chi connectivity index (χ2v) is 9.38. The Morgan fingerprint density at radius 2 is 1.60 bits per heavy atom. The predicted molar refractivity (Wildman–Crippen MR) is 114 cm³/mol. The van der Waals surface area contributed by atoms with E-state index in [1.165, 1.54) is 97.3 Å². The van der Waals surface area contributed by atoms with Gasteiger partial charge >= 0.3 is 3.98 Å². The van der Waals surface area contributed by atoms with Crippen molar-refractivity contribution >= 4 is 22.7 Å². The third-order valence-electron chi connectivity index (χ3n) is 5.14. The van der Waals surface area contributed by atoms with Crippen LogP contribution < -0.4 is 8.56 Å². The Bertz CT molecular complexity index is 685. The van der Waals surface area contributed by atoms with Crippen molar-refractivity contribution in [2.24, 2.45) is 0 Å². The Hall–Kier alpha value is -0.930. The largest absolute Gasteiger partial charge is 0.314 e. The molecule has 1 saturated heterocycles. The highest BCUT2D eigenvalue weighted by molar-refractivity contribution is 7.28. The molecule has 1 aliphatic rings. The van der Waals surface area contributed by atoms with Gasteiger partial charge in [-0.3, -0.25) is 0 Å². The van der Waals surface area contributed by atoms with Gasteiger partial charge in [-0.25, -0.2) is 4.58 Å². The smallest absolute Gasteiger partial charge is 0.212 e. The minimum Gasteiger partial charge on any atom is -0.212 e. The topological polar surface area (TPSA) is 3.01 Å². The Kier molecular flexibility index (Phi) is 7.75. The SMILES string of the molecule is CCCCCCCCc1ccc(-c2csc(=[N+]3CCCCC3)s2)cc1. The van der Waals surface area contributed by atoms with E-state index in [-0.39, 0.29) is 0 Å². The van der Waals surface area contributed by atoms with E-state index in [1.807, 2.05) is 22.7 Å². The number of piperidine rings is 1. The minimum absolute atomic E-state index is 1.23. The van der Waals surface area contributed by atoms with Crippen LogP contribution in [0.15, 0.2) is 29.6 Å². The summed E-state index contributed by atoms with van der Waals surface area (Å²) in [5.74, 6) is 0. The maximum Gasteiger partial charge on any atom is 0.314 e. The molecule has 1 aromatic heterocycles. The molecular weight excluding hydrogens is 342 g/mol. The number of hydrogen-bond acceptors (Lipinski definition) is 2. The second kappa shape index (κ2) is 10.3. The Morgan fingerprint density at radius 3 is 2.36 bits per heavy atom. The zero-order valence-corrected chi connectivity index (χ0v) is 17.3. The highest BCUT2D eigenvalue weighted by atomic mass is 32.2. The van der Waals surface area contributed by atoms with Crippen LogP contribution in [0, 0.1) is 0 Å². The molecule has 0 amide bonds. The van der Waals surface area contributed by atoms with Gasteiger partial charge in [0, 0.05) is 18.2 Å². The van der Waals surface area contributed by atoms with E-state index >= 15 is 0 Å². The zero-order chi connectivity index (χ0) is 17.3. The quantitative estimate of drug-likeness (QED) is 0.375. The highest BCUT2D eigenvalue weighted by Crippen LogP contribution is 2.25. The van der Waals surface area contributed by atoms with Crippen LogP contribution in [0.2, 0.25) is 0 Å². The molecule has 0 saturated carbocycles. The number of aryl methyl sites for hydroxylation is 1. The van der Waals surface area contributed by atoms with Crippen LogP contribution in [0.5, 0.6) is 0 Å². The number of nitrogens with zero attached hydrogens (tertiary/aromatic N) is 1. The van der Waals surface area contributed by atoms with E-state index in [4.69, 9.17) is 0 Å². The van der Waals surface area contributed by atoms with Gasteiger partial charge in [-0.15, -0.1) is 0 Å². The van der Waals surface area contributed by atoms with E-state index in [0.717, 1.165) is 0 Å². The van der Waals surface area contributed by atoms with Gasteiger partial charge in [0.05, 0.1) is 4.88 Å². The summed E-state index contributed by atoms with van der Waals surface area (Å²) in [4.78, 5) is 1.43. The van der Waals surface area contributed by atoms with Crippen molar-refractivity contribution in [3.05, 3.63) is 39.2 Å². The van der Waals surface area contributed by atoms with Gasteiger partial charge in [-0.2, -0.15) is 0 Å². The van der Waals surface area contributed by atoms with Gasteiger partial charge in [0.15, 0.2) is 0 Å². The number of rotatable bonds is 8. The molecule has 2 aromatic rings. The monoisotopic (exact) mass is 374 g/mol. The molecule has 0 bridgehead atoms. The summed E-state index contributed by atoms with van der Waals surface area (Å²) in [5, 5.41) is 2.34. The molecule has 3 heteroatoms. The molecule has 1 fully saturated rings. The molecule has 1 aromatic carbocycles. The number of hydrogen-bond donors (Lipinski definition) is 0. The summed E-state index contributed by atoms with van der Waals surface area (Å²) in [6.07, 6.45) is 13.6. The van der Waals surface area contributed by atoms with Crippen LogP contribution in [0.4, 0.5) is 0 Å². The fourth-order valence-corrected chi connectivity index (χ4v) is 5.91. The Morgan fingerprint density at radius 1 is 0.880 bits per heavy atom. The fourth-order valence-electron chi connectivity index (χ4n) is 3.53. The number of benzene rings is 1. The molecule has 0 radical (unpaired) electrons. The molecule has 3 rings (SSSR count). The van der Waals surface area contributed by atoms with Crippen molar-refractivity contribution < 1.29 is 0 Å². The fraction of sp³-hybridized carbons (Fsp3) is 0.591. The normalized spacial score (nSPS) is 14.8. The molecule has 136 valence electrons. The first-order valence-corrected chi connectivity index (χ1v) is 11.8. The standard InChI is InChI=1S/C22H32NS2/c1-2-3-4-5-6-8-11-19-12-14-20(15-13-19)21-18-24-22(25-21)23-16-9-7-10-17-23/h12-15,18H,2-11,16-17H2,1H3/q+1. The van der Waals surface area contributed by atoms with Gasteiger partial charge < -0.3 is 0 Å². The molecule has 0 N–H and O–H groups in total. The summed E-state index contributed by atoms with van der Waals surface area (Å²) in [5.41, 5.74) is 2.88.